The SMILES string of the molecule is Cc1noc(C)c1/C=C1/SCCN1C(=O)CC#N. The molecule has 2 rings (SSSR count). The van der Waals surface area contributed by atoms with E-state index in [1.807, 2.05) is 26.0 Å². The van der Waals surface area contributed by atoms with Crippen LogP contribution in [0.5, 0.6) is 0 Å². The highest BCUT2D eigenvalue weighted by Gasteiger charge is 2.24. The van der Waals surface area contributed by atoms with Crippen molar-refractivity contribution in [3.8, 4) is 6.07 Å². The van der Waals surface area contributed by atoms with Crippen LogP contribution < -0.4 is 0 Å². The van der Waals surface area contributed by atoms with Crippen LogP contribution in [0, 0.1) is 25.2 Å². The fourth-order valence-electron chi connectivity index (χ4n) is 1.78. The molecule has 0 N–H and O–H groups in total. The summed E-state index contributed by atoms with van der Waals surface area (Å²) in [5.41, 5.74) is 1.72. The van der Waals surface area contributed by atoms with Gasteiger partial charge in [-0.1, -0.05) is 5.16 Å². The van der Waals surface area contributed by atoms with Crippen molar-refractivity contribution in [1.82, 2.24) is 10.1 Å². The fourth-order valence-corrected chi connectivity index (χ4v) is 2.81. The Balaban J connectivity index is 2.27. The number of amides is 1. The van der Waals surface area contributed by atoms with Gasteiger partial charge in [0.1, 0.15) is 12.2 Å². The molecular weight excluding hydrogens is 250 g/mol. The molecule has 5 nitrogen and oxygen atoms in total. The monoisotopic (exact) mass is 263 g/mol. The van der Waals surface area contributed by atoms with Gasteiger partial charge < -0.3 is 9.42 Å². The van der Waals surface area contributed by atoms with Gasteiger partial charge in [-0.15, -0.1) is 11.8 Å². The van der Waals surface area contributed by atoms with Crippen molar-refractivity contribution >= 4 is 23.7 Å². The third kappa shape index (κ3) is 2.41. The minimum Gasteiger partial charge on any atom is -0.361 e. The van der Waals surface area contributed by atoms with Gasteiger partial charge in [0.15, 0.2) is 0 Å². The van der Waals surface area contributed by atoms with Crippen LogP contribution in [-0.2, 0) is 4.79 Å². The molecule has 1 saturated heterocycles. The van der Waals surface area contributed by atoms with Crippen LogP contribution in [0.4, 0.5) is 0 Å². The van der Waals surface area contributed by atoms with Gasteiger partial charge in [-0.05, 0) is 19.9 Å². The van der Waals surface area contributed by atoms with Crippen molar-refractivity contribution in [3.63, 3.8) is 0 Å². The average molecular weight is 263 g/mol. The van der Waals surface area contributed by atoms with E-state index in [2.05, 4.69) is 5.16 Å². The number of hydrogen-bond acceptors (Lipinski definition) is 5. The maximum absolute atomic E-state index is 11.8. The Bertz CT molecular complexity index is 523. The third-order valence-electron chi connectivity index (χ3n) is 2.72. The summed E-state index contributed by atoms with van der Waals surface area (Å²) in [6, 6.07) is 1.89. The highest BCUT2D eigenvalue weighted by Crippen LogP contribution is 2.31. The van der Waals surface area contributed by atoms with Crippen LogP contribution in [0.3, 0.4) is 0 Å². The first-order valence-corrected chi connectivity index (χ1v) is 6.56. The van der Waals surface area contributed by atoms with Crippen molar-refractivity contribution in [2.75, 3.05) is 12.3 Å². The molecular formula is C12H13N3O2S. The number of rotatable bonds is 2. The van der Waals surface area contributed by atoms with E-state index in [1.54, 1.807) is 16.7 Å². The van der Waals surface area contributed by atoms with E-state index >= 15 is 0 Å². The molecule has 0 aliphatic carbocycles. The van der Waals surface area contributed by atoms with Crippen LogP contribution in [0.1, 0.15) is 23.4 Å². The molecule has 1 fully saturated rings. The van der Waals surface area contributed by atoms with Crippen LogP contribution in [0.15, 0.2) is 9.55 Å². The van der Waals surface area contributed by atoms with Gasteiger partial charge in [-0.3, -0.25) is 4.79 Å². The Morgan fingerprint density at radius 2 is 2.44 bits per heavy atom. The molecule has 0 bridgehead atoms. The minimum atomic E-state index is -0.152. The number of aryl methyl sites for hydroxylation is 2. The molecule has 0 saturated carbocycles. The molecule has 0 atom stereocenters. The minimum absolute atomic E-state index is 0.0838. The lowest BCUT2D eigenvalue weighted by Crippen LogP contribution is -2.25. The molecule has 6 heteroatoms. The van der Waals surface area contributed by atoms with Gasteiger partial charge in [0.05, 0.1) is 16.8 Å². The third-order valence-corrected chi connectivity index (χ3v) is 3.74. The number of thioether (sulfide) groups is 1. The molecule has 1 amide bonds. The Morgan fingerprint density at radius 3 is 3.06 bits per heavy atom. The quantitative estimate of drug-likeness (QED) is 0.817. The molecule has 94 valence electrons. The van der Waals surface area contributed by atoms with E-state index in [9.17, 15) is 4.79 Å². The molecule has 0 radical (unpaired) electrons. The number of nitriles is 1. The summed E-state index contributed by atoms with van der Waals surface area (Å²) in [5, 5.41) is 13.3. The summed E-state index contributed by atoms with van der Waals surface area (Å²) in [4.78, 5) is 13.4. The number of carbonyl (C=O) groups excluding carboxylic acids is 1. The smallest absolute Gasteiger partial charge is 0.241 e. The molecule has 0 spiro atoms. The predicted octanol–water partition coefficient (Wildman–Crippen LogP) is 2.08. The summed E-state index contributed by atoms with van der Waals surface area (Å²) in [6.07, 6.45) is 1.83. The highest BCUT2D eigenvalue weighted by atomic mass is 32.2. The zero-order chi connectivity index (χ0) is 13.1. The van der Waals surface area contributed by atoms with Crippen LogP contribution in [0.25, 0.3) is 6.08 Å². The average Bonchev–Trinajstić information content (AvgIpc) is 2.91. The van der Waals surface area contributed by atoms with E-state index in [-0.39, 0.29) is 12.3 Å². The summed E-state index contributed by atoms with van der Waals surface area (Å²) in [7, 11) is 0. The molecule has 2 heterocycles. The molecule has 0 aromatic carbocycles. The van der Waals surface area contributed by atoms with Crippen LogP contribution in [-0.4, -0.2) is 28.3 Å². The van der Waals surface area contributed by atoms with Crippen molar-refractivity contribution in [3.05, 3.63) is 22.0 Å². The summed E-state index contributed by atoms with van der Waals surface area (Å²) >= 11 is 1.61. The zero-order valence-corrected chi connectivity index (χ0v) is 11.1. The Kier molecular flexibility index (Phi) is 3.72. The van der Waals surface area contributed by atoms with Crippen LogP contribution in [0.2, 0.25) is 0 Å². The second-order valence-electron chi connectivity index (χ2n) is 3.95. The van der Waals surface area contributed by atoms with Crippen LogP contribution >= 0.6 is 11.8 Å². The van der Waals surface area contributed by atoms with Crippen molar-refractivity contribution in [2.45, 2.75) is 20.3 Å². The van der Waals surface area contributed by atoms with Gasteiger partial charge in [0.25, 0.3) is 0 Å². The first kappa shape index (κ1) is 12.7. The number of carbonyl (C=O) groups is 1. The molecule has 0 unspecified atom stereocenters. The van der Waals surface area contributed by atoms with Gasteiger partial charge in [0.2, 0.25) is 5.91 Å². The molecule has 1 aromatic rings. The predicted molar refractivity (Wildman–Crippen MR) is 68.4 cm³/mol. The topological polar surface area (TPSA) is 70.1 Å². The molecule has 1 aliphatic heterocycles. The Labute approximate surface area is 109 Å². The van der Waals surface area contributed by atoms with E-state index < -0.39 is 0 Å². The standard InChI is InChI=1S/C12H13N3O2S/c1-8-10(9(2)17-14-8)7-12-15(5-6-18-12)11(16)3-4-13/h7H,3,5-6H2,1-2H3/b12-7+. The lowest BCUT2D eigenvalue weighted by molar-refractivity contribution is -0.127. The van der Waals surface area contributed by atoms with E-state index in [4.69, 9.17) is 9.78 Å². The summed E-state index contributed by atoms with van der Waals surface area (Å²) < 4.78 is 5.09. The normalized spacial score (nSPS) is 17.2. The molecule has 1 aliphatic rings. The molecule has 18 heavy (non-hydrogen) atoms. The maximum Gasteiger partial charge on any atom is 0.241 e. The number of hydrogen-bond donors (Lipinski definition) is 0. The van der Waals surface area contributed by atoms with E-state index in [0.717, 1.165) is 27.8 Å². The number of aromatic nitrogens is 1. The Hall–Kier alpha value is -1.74. The summed E-state index contributed by atoms with van der Waals surface area (Å²) in [5.74, 6) is 1.44. The highest BCUT2D eigenvalue weighted by molar-refractivity contribution is 8.03. The second-order valence-corrected chi connectivity index (χ2v) is 5.06. The van der Waals surface area contributed by atoms with Crippen molar-refractivity contribution < 1.29 is 9.32 Å². The first-order chi connectivity index (χ1) is 8.63. The Morgan fingerprint density at radius 1 is 1.67 bits per heavy atom. The largest absolute Gasteiger partial charge is 0.361 e. The maximum atomic E-state index is 11.8. The van der Waals surface area contributed by atoms with E-state index in [0.29, 0.717) is 6.54 Å². The number of nitrogens with zero attached hydrogens (tertiary/aromatic N) is 3. The van der Waals surface area contributed by atoms with Crippen molar-refractivity contribution in [1.29, 1.82) is 5.26 Å². The molecule has 1 aromatic heterocycles. The zero-order valence-electron chi connectivity index (χ0n) is 10.3. The van der Waals surface area contributed by atoms with Crippen molar-refractivity contribution in [2.24, 2.45) is 0 Å². The summed E-state index contributed by atoms with van der Waals surface area (Å²) in [6.45, 7) is 4.36. The fraction of sp³-hybridized carbons (Fsp3) is 0.417. The van der Waals surface area contributed by atoms with Gasteiger partial charge >= 0.3 is 0 Å². The van der Waals surface area contributed by atoms with Gasteiger partial charge in [-0.25, -0.2) is 0 Å². The van der Waals surface area contributed by atoms with Gasteiger partial charge in [-0.2, -0.15) is 5.26 Å². The second kappa shape index (κ2) is 5.27. The lowest BCUT2D eigenvalue weighted by atomic mass is 10.2. The van der Waals surface area contributed by atoms with E-state index in [1.165, 1.54) is 0 Å². The first-order valence-electron chi connectivity index (χ1n) is 5.58. The lowest BCUT2D eigenvalue weighted by Gasteiger charge is -2.14. The van der Waals surface area contributed by atoms with Gasteiger partial charge in [0, 0.05) is 17.9 Å².